The van der Waals surface area contributed by atoms with E-state index in [0.717, 1.165) is 6.20 Å². The number of amides is 1. The lowest BCUT2D eigenvalue weighted by Crippen LogP contribution is -2.14. The molecule has 9 heteroatoms. The fraction of sp³-hybridized carbons (Fsp3) is 0.0769. The third-order valence-corrected chi connectivity index (χ3v) is 2.53. The lowest BCUT2D eigenvalue weighted by atomic mass is 10.2. The van der Waals surface area contributed by atoms with Crippen LogP contribution in [0.2, 0.25) is 0 Å². The maximum absolute atomic E-state index is 13.7. The fourth-order valence-corrected chi connectivity index (χ4v) is 1.54. The normalized spacial score (nSPS) is 10.6. The van der Waals surface area contributed by atoms with Crippen molar-refractivity contribution < 1.29 is 27.1 Å². The first-order valence-corrected chi connectivity index (χ1v) is 5.83. The molecule has 2 rings (SSSR count). The van der Waals surface area contributed by atoms with Crippen LogP contribution in [-0.2, 0) is 0 Å². The van der Waals surface area contributed by atoms with E-state index in [1.54, 1.807) is 0 Å². The Balaban J connectivity index is 2.21. The lowest BCUT2D eigenvalue weighted by Gasteiger charge is -2.10. The predicted octanol–water partition coefficient (Wildman–Crippen LogP) is 2.80. The predicted molar refractivity (Wildman–Crippen MR) is 69.6 cm³/mol. The van der Waals surface area contributed by atoms with Gasteiger partial charge in [-0.3, -0.25) is 4.79 Å². The van der Waals surface area contributed by atoms with Crippen molar-refractivity contribution in [1.29, 1.82) is 0 Å². The molecule has 116 valence electrons. The largest absolute Gasteiger partial charge is 0.432 e. The highest BCUT2D eigenvalue weighted by atomic mass is 19.3. The molecule has 1 aromatic carbocycles. The topological polar surface area (TPSA) is 77.2 Å². The molecule has 0 aliphatic heterocycles. The maximum Gasteiger partial charge on any atom is 0.387 e. The number of carbonyl (C=O) groups excluding carboxylic acids is 1. The van der Waals surface area contributed by atoms with E-state index in [1.807, 2.05) is 0 Å². The van der Waals surface area contributed by atoms with Gasteiger partial charge in [0, 0.05) is 18.3 Å². The van der Waals surface area contributed by atoms with Crippen molar-refractivity contribution in [1.82, 2.24) is 4.98 Å². The molecule has 0 atom stereocenters. The van der Waals surface area contributed by atoms with Gasteiger partial charge in [-0.25, -0.2) is 13.8 Å². The zero-order chi connectivity index (χ0) is 16.3. The first kappa shape index (κ1) is 15.5. The molecule has 0 unspecified atom stereocenters. The summed E-state index contributed by atoms with van der Waals surface area (Å²) in [6, 6.07) is 3.64. The fourth-order valence-electron chi connectivity index (χ4n) is 1.54. The first-order chi connectivity index (χ1) is 10.4. The average Bonchev–Trinajstić information content (AvgIpc) is 2.44. The van der Waals surface area contributed by atoms with Crippen molar-refractivity contribution >= 4 is 17.4 Å². The van der Waals surface area contributed by atoms with E-state index in [4.69, 9.17) is 5.73 Å². The summed E-state index contributed by atoms with van der Waals surface area (Å²) in [6.45, 7) is -3.30. The van der Waals surface area contributed by atoms with Crippen LogP contribution in [0.3, 0.4) is 0 Å². The SMILES string of the molecule is Nc1ccc(C(=O)Nc2cc(F)c(OC(F)F)cc2F)cn1. The second kappa shape index (κ2) is 6.29. The number of halogens is 4. The van der Waals surface area contributed by atoms with Gasteiger partial charge in [-0.15, -0.1) is 0 Å². The minimum absolute atomic E-state index is 0.0573. The number of hydrogen-bond donors (Lipinski definition) is 2. The molecule has 1 aromatic heterocycles. The van der Waals surface area contributed by atoms with Crippen molar-refractivity contribution in [2.75, 3.05) is 11.1 Å². The van der Waals surface area contributed by atoms with Gasteiger partial charge in [0.2, 0.25) is 0 Å². The summed E-state index contributed by atoms with van der Waals surface area (Å²) in [5.74, 6) is -3.92. The molecule has 5 nitrogen and oxygen atoms in total. The molecule has 0 fully saturated rings. The third-order valence-electron chi connectivity index (χ3n) is 2.53. The van der Waals surface area contributed by atoms with E-state index in [9.17, 15) is 22.4 Å². The molecular formula is C13H9F4N3O2. The number of ether oxygens (including phenoxy) is 1. The third kappa shape index (κ3) is 3.62. The van der Waals surface area contributed by atoms with Crippen molar-refractivity contribution in [3.05, 3.63) is 47.7 Å². The van der Waals surface area contributed by atoms with Crippen LogP contribution in [0.5, 0.6) is 5.75 Å². The smallest absolute Gasteiger partial charge is 0.387 e. The van der Waals surface area contributed by atoms with Gasteiger partial charge in [0.25, 0.3) is 5.91 Å². The second-order valence-electron chi connectivity index (χ2n) is 4.07. The van der Waals surface area contributed by atoms with Crippen LogP contribution in [0.15, 0.2) is 30.5 Å². The highest BCUT2D eigenvalue weighted by Gasteiger charge is 2.16. The van der Waals surface area contributed by atoms with E-state index in [0.29, 0.717) is 12.1 Å². The second-order valence-corrected chi connectivity index (χ2v) is 4.07. The van der Waals surface area contributed by atoms with E-state index < -0.39 is 35.6 Å². The van der Waals surface area contributed by atoms with Crippen molar-refractivity contribution in [2.45, 2.75) is 6.61 Å². The number of benzene rings is 1. The highest BCUT2D eigenvalue weighted by Crippen LogP contribution is 2.26. The zero-order valence-electron chi connectivity index (χ0n) is 10.8. The number of nitrogens with two attached hydrogens (primary N) is 1. The number of anilines is 2. The molecule has 1 amide bonds. The van der Waals surface area contributed by atoms with Crippen molar-refractivity contribution in [2.24, 2.45) is 0 Å². The van der Waals surface area contributed by atoms with Gasteiger partial charge in [0.05, 0.1) is 11.3 Å². The summed E-state index contributed by atoms with van der Waals surface area (Å²) < 4.78 is 55.0. The van der Waals surface area contributed by atoms with E-state index in [2.05, 4.69) is 15.0 Å². The number of nitrogen functional groups attached to an aromatic ring is 1. The maximum atomic E-state index is 13.7. The molecule has 0 aliphatic rings. The van der Waals surface area contributed by atoms with Crippen LogP contribution in [0.4, 0.5) is 29.1 Å². The summed E-state index contributed by atoms with van der Waals surface area (Å²) in [4.78, 5) is 15.5. The number of rotatable bonds is 4. The Morgan fingerprint density at radius 3 is 2.55 bits per heavy atom. The highest BCUT2D eigenvalue weighted by molar-refractivity contribution is 6.04. The molecule has 0 spiro atoms. The minimum Gasteiger partial charge on any atom is -0.432 e. The van der Waals surface area contributed by atoms with Crippen LogP contribution in [0.1, 0.15) is 10.4 Å². The number of pyridine rings is 1. The number of nitrogens with zero attached hydrogens (tertiary/aromatic N) is 1. The lowest BCUT2D eigenvalue weighted by molar-refractivity contribution is -0.0523. The van der Waals surface area contributed by atoms with Gasteiger partial charge in [-0.05, 0) is 12.1 Å². The summed E-state index contributed by atoms with van der Waals surface area (Å²) in [5, 5.41) is 2.09. The van der Waals surface area contributed by atoms with Crippen LogP contribution >= 0.6 is 0 Å². The summed E-state index contributed by atoms with van der Waals surface area (Å²) in [5.41, 5.74) is 4.88. The monoisotopic (exact) mass is 315 g/mol. The summed E-state index contributed by atoms with van der Waals surface area (Å²) >= 11 is 0. The Morgan fingerprint density at radius 2 is 1.95 bits per heavy atom. The van der Waals surface area contributed by atoms with Crippen LogP contribution < -0.4 is 15.8 Å². The number of hydrogen-bond acceptors (Lipinski definition) is 4. The molecule has 2 aromatic rings. The Hall–Kier alpha value is -2.84. The van der Waals surface area contributed by atoms with E-state index >= 15 is 0 Å². The Labute approximate surface area is 121 Å². The minimum atomic E-state index is -3.30. The Kier molecular flexibility index (Phi) is 4.44. The molecule has 3 N–H and O–H groups in total. The Bertz CT molecular complexity index is 692. The van der Waals surface area contributed by atoms with Crippen LogP contribution in [-0.4, -0.2) is 17.5 Å². The number of aromatic nitrogens is 1. The standard InChI is InChI=1S/C13H9F4N3O2/c14-7-4-10(22-13(16)17)8(15)3-9(7)20-12(21)6-1-2-11(18)19-5-6/h1-5,13H,(H2,18,19)(H,20,21). The van der Waals surface area contributed by atoms with Crippen molar-refractivity contribution in [3.63, 3.8) is 0 Å². The zero-order valence-corrected chi connectivity index (χ0v) is 10.8. The van der Waals surface area contributed by atoms with Crippen molar-refractivity contribution in [3.8, 4) is 5.75 Å². The van der Waals surface area contributed by atoms with E-state index in [-0.39, 0.29) is 11.4 Å². The van der Waals surface area contributed by atoms with E-state index in [1.165, 1.54) is 12.1 Å². The Morgan fingerprint density at radius 1 is 1.23 bits per heavy atom. The van der Waals surface area contributed by atoms with Gasteiger partial charge in [0.15, 0.2) is 17.4 Å². The molecule has 0 saturated carbocycles. The van der Waals surface area contributed by atoms with Gasteiger partial charge in [-0.2, -0.15) is 8.78 Å². The molecule has 0 aliphatic carbocycles. The number of alkyl halides is 2. The first-order valence-electron chi connectivity index (χ1n) is 5.83. The molecule has 1 heterocycles. The average molecular weight is 315 g/mol. The van der Waals surface area contributed by atoms with Gasteiger partial charge < -0.3 is 15.8 Å². The van der Waals surface area contributed by atoms with Gasteiger partial charge in [0.1, 0.15) is 5.82 Å². The molecule has 0 saturated heterocycles. The van der Waals surface area contributed by atoms with Gasteiger partial charge in [-0.1, -0.05) is 0 Å². The van der Waals surface area contributed by atoms with Crippen LogP contribution in [0.25, 0.3) is 0 Å². The summed E-state index contributed by atoms with van der Waals surface area (Å²) in [7, 11) is 0. The van der Waals surface area contributed by atoms with Gasteiger partial charge >= 0.3 is 6.61 Å². The van der Waals surface area contributed by atoms with Crippen LogP contribution in [0, 0.1) is 11.6 Å². The summed E-state index contributed by atoms with van der Waals surface area (Å²) in [6.07, 6.45) is 1.15. The molecular weight excluding hydrogens is 306 g/mol. The number of carbonyl (C=O) groups is 1. The molecule has 0 bridgehead atoms. The quantitative estimate of drug-likeness (QED) is 0.851. The molecule has 0 radical (unpaired) electrons. The number of nitrogens with one attached hydrogen (secondary N) is 1. The molecule has 22 heavy (non-hydrogen) atoms.